The highest BCUT2D eigenvalue weighted by molar-refractivity contribution is 5.96. The Bertz CT molecular complexity index is 542. The van der Waals surface area contributed by atoms with E-state index >= 15 is 0 Å². The summed E-state index contributed by atoms with van der Waals surface area (Å²) in [5.74, 6) is 0.260. The number of β-amino-alcohol motifs (C(OH)–C–C–N with tert-alkyl or cyclic N) is 1. The molecular weight excluding hydrogens is 276 g/mol. The molecule has 22 heavy (non-hydrogen) atoms. The second kappa shape index (κ2) is 6.39. The third-order valence-corrected chi connectivity index (χ3v) is 4.81. The number of hydrogen-bond acceptors (Lipinski definition) is 3. The van der Waals surface area contributed by atoms with Crippen molar-refractivity contribution < 1.29 is 9.90 Å². The van der Waals surface area contributed by atoms with Crippen LogP contribution in [-0.4, -0.2) is 53.6 Å². The zero-order valence-corrected chi connectivity index (χ0v) is 14.3. The molecule has 1 aromatic rings. The van der Waals surface area contributed by atoms with Crippen LogP contribution in [0, 0.1) is 11.8 Å². The summed E-state index contributed by atoms with van der Waals surface area (Å²) in [6, 6.07) is 7.76. The lowest BCUT2D eigenvalue weighted by molar-refractivity contribution is -0.0244. The molecule has 0 saturated carbocycles. The number of carbonyl (C=O) groups excluding carboxylic acids is 1. The van der Waals surface area contributed by atoms with E-state index in [1.165, 1.54) is 0 Å². The number of rotatable bonds is 4. The molecule has 0 bridgehead atoms. The first kappa shape index (κ1) is 17.0. The van der Waals surface area contributed by atoms with Gasteiger partial charge in [-0.15, -0.1) is 0 Å². The molecule has 0 radical (unpaired) electrons. The molecule has 1 aromatic carbocycles. The highest BCUT2D eigenvalue weighted by Gasteiger charge is 2.46. The summed E-state index contributed by atoms with van der Waals surface area (Å²) < 4.78 is 0. The Morgan fingerprint density at radius 1 is 1.41 bits per heavy atom. The van der Waals surface area contributed by atoms with Crippen LogP contribution in [0.15, 0.2) is 24.3 Å². The Morgan fingerprint density at radius 2 is 2.05 bits per heavy atom. The van der Waals surface area contributed by atoms with Crippen molar-refractivity contribution >= 4 is 5.91 Å². The molecule has 0 aromatic heterocycles. The number of benzene rings is 1. The molecule has 1 heterocycles. The molecule has 1 amide bonds. The van der Waals surface area contributed by atoms with E-state index < -0.39 is 5.60 Å². The first-order valence-electron chi connectivity index (χ1n) is 8.00. The normalized spacial score (nSPS) is 25.3. The van der Waals surface area contributed by atoms with E-state index in [2.05, 4.69) is 4.90 Å². The fraction of sp³-hybridized carbons (Fsp3) is 0.611. The van der Waals surface area contributed by atoms with Gasteiger partial charge in [0.25, 0.3) is 5.91 Å². The monoisotopic (exact) mass is 304 g/mol. The molecule has 1 N–H and O–H groups in total. The predicted molar refractivity (Wildman–Crippen MR) is 88.7 cm³/mol. The van der Waals surface area contributed by atoms with Gasteiger partial charge in [-0.1, -0.05) is 39.0 Å². The van der Waals surface area contributed by atoms with Crippen LogP contribution in [-0.2, 0) is 6.54 Å². The van der Waals surface area contributed by atoms with Crippen LogP contribution < -0.4 is 0 Å². The summed E-state index contributed by atoms with van der Waals surface area (Å²) >= 11 is 0. The summed E-state index contributed by atoms with van der Waals surface area (Å²) in [6.07, 6.45) is 0. The van der Waals surface area contributed by atoms with Gasteiger partial charge in [-0.25, -0.2) is 0 Å². The average molecular weight is 304 g/mol. The molecule has 122 valence electrons. The minimum Gasteiger partial charge on any atom is -0.387 e. The minimum absolute atomic E-state index is 0.0286. The van der Waals surface area contributed by atoms with Gasteiger partial charge in [-0.05, 0) is 31.6 Å². The molecule has 0 aliphatic carbocycles. The van der Waals surface area contributed by atoms with Gasteiger partial charge in [0.15, 0.2) is 0 Å². The van der Waals surface area contributed by atoms with E-state index in [1.54, 1.807) is 4.90 Å². The summed E-state index contributed by atoms with van der Waals surface area (Å²) in [6.45, 7) is 7.83. The van der Waals surface area contributed by atoms with E-state index in [1.807, 2.05) is 59.1 Å². The molecule has 1 aliphatic heterocycles. The van der Waals surface area contributed by atoms with Crippen LogP contribution in [0.1, 0.15) is 36.7 Å². The lowest BCUT2D eigenvalue weighted by atomic mass is 9.82. The van der Waals surface area contributed by atoms with Gasteiger partial charge < -0.3 is 14.9 Å². The molecule has 2 rings (SSSR count). The van der Waals surface area contributed by atoms with Crippen molar-refractivity contribution in [1.82, 2.24) is 9.80 Å². The molecular formula is C18H28N2O2. The molecule has 1 fully saturated rings. The maximum Gasteiger partial charge on any atom is 0.254 e. The number of nitrogens with zero attached hydrogens (tertiary/aromatic N) is 2. The second-order valence-electron chi connectivity index (χ2n) is 7.13. The SMILES string of the molecule is CC(C)[C@@]1(O)CN(C(=O)c2ccccc2CN(C)C)C[C@@H]1C. The minimum atomic E-state index is -0.786. The number of amides is 1. The van der Waals surface area contributed by atoms with E-state index in [-0.39, 0.29) is 17.7 Å². The highest BCUT2D eigenvalue weighted by Crippen LogP contribution is 2.34. The van der Waals surface area contributed by atoms with Crippen LogP contribution in [0.2, 0.25) is 0 Å². The highest BCUT2D eigenvalue weighted by atomic mass is 16.3. The van der Waals surface area contributed by atoms with E-state index in [9.17, 15) is 9.90 Å². The first-order valence-corrected chi connectivity index (χ1v) is 8.00. The van der Waals surface area contributed by atoms with Gasteiger partial charge in [0.05, 0.1) is 12.1 Å². The van der Waals surface area contributed by atoms with E-state index in [4.69, 9.17) is 0 Å². The largest absolute Gasteiger partial charge is 0.387 e. The molecule has 4 nitrogen and oxygen atoms in total. The van der Waals surface area contributed by atoms with Crippen molar-refractivity contribution in [2.45, 2.75) is 32.9 Å². The average Bonchev–Trinajstić information content (AvgIpc) is 2.75. The fourth-order valence-corrected chi connectivity index (χ4v) is 3.30. The summed E-state index contributed by atoms with van der Waals surface area (Å²) in [5, 5.41) is 10.8. The van der Waals surface area contributed by atoms with Crippen molar-refractivity contribution in [2.75, 3.05) is 27.2 Å². The van der Waals surface area contributed by atoms with E-state index in [0.29, 0.717) is 13.1 Å². The van der Waals surface area contributed by atoms with Crippen molar-refractivity contribution in [3.05, 3.63) is 35.4 Å². The van der Waals surface area contributed by atoms with Crippen LogP contribution >= 0.6 is 0 Å². The van der Waals surface area contributed by atoms with Crippen LogP contribution in [0.3, 0.4) is 0 Å². The molecule has 1 aliphatic rings. The number of aliphatic hydroxyl groups is 1. The van der Waals surface area contributed by atoms with Crippen LogP contribution in [0.25, 0.3) is 0 Å². The lowest BCUT2D eigenvalue weighted by Gasteiger charge is -2.31. The van der Waals surface area contributed by atoms with Crippen LogP contribution in [0.4, 0.5) is 0 Å². The number of carbonyl (C=O) groups is 1. The lowest BCUT2D eigenvalue weighted by Crippen LogP contribution is -2.43. The Kier molecular flexibility index (Phi) is 4.93. The van der Waals surface area contributed by atoms with Crippen molar-refractivity contribution in [3.63, 3.8) is 0 Å². The maximum absolute atomic E-state index is 12.9. The zero-order valence-electron chi connectivity index (χ0n) is 14.3. The topological polar surface area (TPSA) is 43.8 Å². The fourth-order valence-electron chi connectivity index (χ4n) is 3.30. The summed E-state index contributed by atoms with van der Waals surface area (Å²) in [4.78, 5) is 16.8. The Hall–Kier alpha value is -1.39. The van der Waals surface area contributed by atoms with Crippen molar-refractivity contribution in [2.24, 2.45) is 11.8 Å². The van der Waals surface area contributed by atoms with E-state index in [0.717, 1.165) is 17.7 Å². The van der Waals surface area contributed by atoms with Gasteiger partial charge >= 0.3 is 0 Å². The summed E-state index contributed by atoms with van der Waals surface area (Å²) in [7, 11) is 3.99. The van der Waals surface area contributed by atoms with Crippen molar-refractivity contribution in [1.29, 1.82) is 0 Å². The van der Waals surface area contributed by atoms with Gasteiger partial charge in [0, 0.05) is 24.6 Å². The molecule has 4 heteroatoms. The summed E-state index contributed by atoms with van der Waals surface area (Å²) in [5.41, 5.74) is 0.994. The predicted octanol–water partition coefficient (Wildman–Crippen LogP) is 2.23. The van der Waals surface area contributed by atoms with Gasteiger partial charge in [0.1, 0.15) is 0 Å². The van der Waals surface area contributed by atoms with Crippen molar-refractivity contribution in [3.8, 4) is 0 Å². The molecule has 0 spiro atoms. The molecule has 2 atom stereocenters. The van der Waals surface area contributed by atoms with Crippen LogP contribution in [0.5, 0.6) is 0 Å². The third-order valence-electron chi connectivity index (χ3n) is 4.81. The standard InChI is InChI=1S/C18H28N2O2/c1-13(2)18(22)12-20(10-14(18)3)17(21)16-9-7-6-8-15(16)11-19(4)5/h6-9,13-14,22H,10-12H2,1-5H3/t14-,18-/m0/s1. The molecule has 0 unspecified atom stereocenters. The number of likely N-dealkylation sites (tertiary alicyclic amines) is 1. The smallest absolute Gasteiger partial charge is 0.254 e. The third kappa shape index (κ3) is 3.18. The second-order valence-corrected chi connectivity index (χ2v) is 7.13. The maximum atomic E-state index is 12.9. The zero-order chi connectivity index (χ0) is 16.5. The Labute approximate surface area is 133 Å². The first-order chi connectivity index (χ1) is 10.3. The Balaban J connectivity index is 2.23. The number of hydrogen-bond donors (Lipinski definition) is 1. The quantitative estimate of drug-likeness (QED) is 0.927. The van der Waals surface area contributed by atoms with Gasteiger partial charge in [-0.2, -0.15) is 0 Å². The molecule has 1 saturated heterocycles. The van der Waals surface area contributed by atoms with Gasteiger partial charge in [0.2, 0.25) is 0 Å². The van der Waals surface area contributed by atoms with Gasteiger partial charge in [-0.3, -0.25) is 4.79 Å². The Morgan fingerprint density at radius 3 is 2.59 bits per heavy atom.